The van der Waals surface area contributed by atoms with E-state index in [9.17, 15) is 8.78 Å². The number of thioether (sulfide) groups is 1. The third kappa shape index (κ3) is 3.72. The van der Waals surface area contributed by atoms with Crippen LogP contribution in [0.25, 0.3) is 22.9 Å². The van der Waals surface area contributed by atoms with E-state index in [0.29, 0.717) is 11.5 Å². The van der Waals surface area contributed by atoms with Gasteiger partial charge in [0.15, 0.2) is 0 Å². The van der Waals surface area contributed by atoms with Crippen LogP contribution in [0.1, 0.15) is 18.1 Å². The number of aromatic nitrogens is 4. The molecule has 6 nitrogen and oxygen atoms in total. The molecule has 0 amide bonds. The van der Waals surface area contributed by atoms with E-state index in [1.54, 1.807) is 30.3 Å². The maximum atomic E-state index is 13.8. The fourth-order valence-corrected chi connectivity index (χ4v) is 3.02. The van der Waals surface area contributed by atoms with Crippen molar-refractivity contribution >= 4 is 11.8 Å². The van der Waals surface area contributed by atoms with Gasteiger partial charge < -0.3 is 8.83 Å². The molecule has 0 saturated heterocycles. The summed E-state index contributed by atoms with van der Waals surface area (Å²) in [6.07, 6.45) is 0. The van der Waals surface area contributed by atoms with Crippen molar-refractivity contribution in [2.45, 2.75) is 17.4 Å². The molecule has 9 heteroatoms. The maximum absolute atomic E-state index is 13.8. The average molecular weight is 386 g/mol. The zero-order valence-electron chi connectivity index (χ0n) is 14.0. The van der Waals surface area contributed by atoms with E-state index in [1.807, 2.05) is 6.92 Å². The Bertz CT molecular complexity index is 1070. The van der Waals surface area contributed by atoms with Crippen LogP contribution in [0.3, 0.4) is 0 Å². The number of hydrogen-bond donors (Lipinski definition) is 0. The van der Waals surface area contributed by atoms with Crippen LogP contribution < -0.4 is 0 Å². The van der Waals surface area contributed by atoms with Crippen molar-refractivity contribution < 1.29 is 17.6 Å². The lowest BCUT2D eigenvalue weighted by Crippen LogP contribution is -1.88. The van der Waals surface area contributed by atoms with Crippen LogP contribution in [0.15, 0.2) is 62.6 Å². The Balaban J connectivity index is 1.49. The standard InChI is InChI=1S/C18H12F2N4O2S/c1-10(15-21-22-16(25-15)11-6-8-12(19)9-7-11)27-18-24-23-17(26-18)13-4-2-3-5-14(13)20/h2-10H,1H3/t10-/m1/s1. The van der Waals surface area contributed by atoms with E-state index >= 15 is 0 Å². The lowest BCUT2D eigenvalue weighted by molar-refractivity contribution is 0.458. The van der Waals surface area contributed by atoms with E-state index in [2.05, 4.69) is 20.4 Å². The summed E-state index contributed by atoms with van der Waals surface area (Å²) in [5, 5.41) is 15.8. The monoisotopic (exact) mass is 386 g/mol. The number of benzene rings is 2. The summed E-state index contributed by atoms with van der Waals surface area (Å²) in [5.74, 6) is -0.0450. The first kappa shape index (κ1) is 17.3. The molecule has 0 fully saturated rings. The third-order valence-electron chi connectivity index (χ3n) is 3.67. The minimum absolute atomic E-state index is 0.0975. The molecule has 2 aromatic carbocycles. The second-order valence-electron chi connectivity index (χ2n) is 5.57. The number of nitrogens with zero attached hydrogens (tertiary/aromatic N) is 4. The van der Waals surface area contributed by atoms with Gasteiger partial charge in [0.05, 0.1) is 10.8 Å². The molecule has 0 aliphatic rings. The predicted octanol–water partition coefficient (Wildman–Crippen LogP) is 4.92. The van der Waals surface area contributed by atoms with Crippen molar-refractivity contribution in [3.05, 3.63) is 66.1 Å². The van der Waals surface area contributed by atoms with Gasteiger partial charge in [-0.05, 0) is 43.3 Å². The van der Waals surface area contributed by atoms with Gasteiger partial charge in [-0.25, -0.2) is 8.78 Å². The quantitative estimate of drug-likeness (QED) is 0.451. The Labute approximate surface area is 156 Å². The second-order valence-corrected chi connectivity index (χ2v) is 6.86. The summed E-state index contributed by atoms with van der Waals surface area (Å²) in [6.45, 7) is 1.83. The summed E-state index contributed by atoms with van der Waals surface area (Å²) in [6, 6.07) is 11.9. The largest absolute Gasteiger partial charge is 0.419 e. The number of halogens is 2. The van der Waals surface area contributed by atoms with E-state index < -0.39 is 5.82 Å². The molecular formula is C18H12F2N4O2S. The third-order valence-corrected chi connectivity index (χ3v) is 4.59. The molecule has 4 aromatic rings. The average Bonchev–Trinajstić information content (AvgIpc) is 3.33. The predicted molar refractivity (Wildman–Crippen MR) is 93.7 cm³/mol. The van der Waals surface area contributed by atoms with Crippen LogP contribution in [0, 0.1) is 11.6 Å². The molecule has 1 atom stereocenters. The molecule has 0 saturated carbocycles. The van der Waals surface area contributed by atoms with Gasteiger partial charge >= 0.3 is 0 Å². The Morgan fingerprint density at radius 3 is 2.37 bits per heavy atom. The fraction of sp³-hybridized carbons (Fsp3) is 0.111. The molecule has 2 heterocycles. The van der Waals surface area contributed by atoms with Gasteiger partial charge in [-0.3, -0.25) is 0 Å². The van der Waals surface area contributed by atoms with Crippen molar-refractivity contribution in [1.82, 2.24) is 20.4 Å². The molecule has 0 unspecified atom stereocenters. The smallest absolute Gasteiger partial charge is 0.277 e. The van der Waals surface area contributed by atoms with Crippen LogP contribution in [-0.2, 0) is 0 Å². The Morgan fingerprint density at radius 1 is 0.852 bits per heavy atom. The van der Waals surface area contributed by atoms with Crippen molar-refractivity contribution in [2.75, 3.05) is 0 Å². The molecule has 27 heavy (non-hydrogen) atoms. The first-order valence-corrected chi connectivity index (χ1v) is 8.82. The van der Waals surface area contributed by atoms with Crippen molar-refractivity contribution in [3.63, 3.8) is 0 Å². The molecule has 0 radical (unpaired) electrons. The number of rotatable bonds is 5. The highest BCUT2D eigenvalue weighted by molar-refractivity contribution is 7.99. The first-order chi connectivity index (χ1) is 13.1. The van der Waals surface area contributed by atoms with E-state index in [0.717, 1.165) is 0 Å². The summed E-state index contributed by atoms with van der Waals surface area (Å²) in [4.78, 5) is 0. The zero-order chi connectivity index (χ0) is 18.8. The Kier molecular flexibility index (Phi) is 4.68. The zero-order valence-corrected chi connectivity index (χ0v) is 14.8. The summed E-state index contributed by atoms with van der Waals surface area (Å²) >= 11 is 1.21. The second kappa shape index (κ2) is 7.28. The molecule has 0 bridgehead atoms. The van der Waals surface area contributed by atoms with Gasteiger partial charge in [0, 0.05) is 5.56 Å². The number of hydrogen-bond acceptors (Lipinski definition) is 7. The van der Waals surface area contributed by atoms with Crippen molar-refractivity contribution in [1.29, 1.82) is 0 Å². The first-order valence-electron chi connectivity index (χ1n) is 7.94. The van der Waals surface area contributed by atoms with E-state index in [4.69, 9.17) is 8.83 Å². The minimum Gasteiger partial charge on any atom is -0.419 e. The summed E-state index contributed by atoms with van der Waals surface area (Å²) < 4.78 is 38.0. The van der Waals surface area contributed by atoms with Crippen LogP contribution in [0.5, 0.6) is 0 Å². The van der Waals surface area contributed by atoms with Crippen molar-refractivity contribution in [3.8, 4) is 22.9 Å². The molecule has 0 spiro atoms. The van der Waals surface area contributed by atoms with Gasteiger partial charge in [-0.1, -0.05) is 23.9 Å². The minimum atomic E-state index is -0.438. The highest BCUT2D eigenvalue weighted by atomic mass is 32.2. The SMILES string of the molecule is C[C@@H](Sc1nnc(-c2ccccc2F)o1)c1nnc(-c2ccc(F)cc2)o1. The van der Waals surface area contributed by atoms with Crippen LogP contribution in [-0.4, -0.2) is 20.4 Å². The topological polar surface area (TPSA) is 77.8 Å². The Morgan fingerprint density at radius 2 is 1.59 bits per heavy atom. The van der Waals surface area contributed by atoms with E-state index in [-0.39, 0.29) is 33.6 Å². The molecule has 0 aliphatic heterocycles. The molecule has 0 aliphatic carbocycles. The Hall–Kier alpha value is -3.07. The van der Waals surface area contributed by atoms with Gasteiger partial charge in [-0.15, -0.1) is 20.4 Å². The van der Waals surface area contributed by atoms with Crippen molar-refractivity contribution in [2.24, 2.45) is 0 Å². The van der Waals surface area contributed by atoms with Crippen LogP contribution >= 0.6 is 11.8 Å². The van der Waals surface area contributed by atoms with E-state index in [1.165, 1.54) is 30.0 Å². The summed E-state index contributed by atoms with van der Waals surface area (Å²) in [7, 11) is 0. The maximum Gasteiger partial charge on any atom is 0.277 e. The molecular weight excluding hydrogens is 374 g/mol. The fourth-order valence-electron chi connectivity index (χ4n) is 2.31. The van der Waals surface area contributed by atoms with Crippen LogP contribution in [0.4, 0.5) is 8.78 Å². The highest BCUT2D eigenvalue weighted by Crippen LogP contribution is 2.35. The van der Waals surface area contributed by atoms with Gasteiger partial charge in [0.2, 0.25) is 11.8 Å². The lowest BCUT2D eigenvalue weighted by Gasteiger charge is -2.02. The normalized spacial score (nSPS) is 12.3. The van der Waals surface area contributed by atoms with Crippen LogP contribution in [0.2, 0.25) is 0 Å². The molecule has 0 N–H and O–H groups in total. The molecule has 4 rings (SSSR count). The van der Waals surface area contributed by atoms with Gasteiger partial charge in [0.1, 0.15) is 11.6 Å². The molecule has 136 valence electrons. The van der Waals surface area contributed by atoms with Gasteiger partial charge in [-0.2, -0.15) is 0 Å². The van der Waals surface area contributed by atoms with Gasteiger partial charge in [0.25, 0.3) is 11.1 Å². The summed E-state index contributed by atoms with van der Waals surface area (Å²) in [5.41, 5.74) is 0.855. The lowest BCUT2D eigenvalue weighted by atomic mass is 10.2. The highest BCUT2D eigenvalue weighted by Gasteiger charge is 2.20. The molecule has 2 aromatic heterocycles.